The van der Waals surface area contributed by atoms with Gasteiger partial charge in [-0.2, -0.15) is 5.10 Å². The smallest absolute Gasteiger partial charge is 0.414 e. The molecule has 2 heterocycles. The van der Waals surface area contributed by atoms with Crippen LogP contribution in [0.4, 0.5) is 10.5 Å². The zero-order valence-electron chi connectivity index (χ0n) is 14.5. The largest absolute Gasteiger partial charge is 0.447 e. The summed E-state index contributed by atoms with van der Waals surface area (Å²) in [5, 5.41) is 7.31. The number of aryl methyl sites for hydroxylation is 3. The summed E-state index contributed by atoms with van der Waals surface area (Å²) < 4.78 is 6.88. The van der Waals surface area contributed by atoms with Gasteiger partial charge >= 0.3 is 6.09 Å². The van der Waals surface area contributed by atoms with Crippen LogP contribution < -0.4 is 10.2 Å². The van der Waals surface area contributed by atoms with Crippen LogP contribution in [-0.4, -0.2) is 41.5 Å². The number of ether oxygens (including phenoxy) is 1. The Morgan fingerprint density at radius 1 is 1.32 bits per heavy atom. The van der Waals surface area contributed by atoms with E-state index in [1.807, 2.05) is 24.6 Å². The number of cyclic esters (lactones) is 1. The Morgan fingerprint density at radius 2 is 2.16 bits per heavy atom. The maximum absolute atomic E-state index is 12.3. The minimum absolute atomic E-state index is 0.150. The van der Waals surface area contributed by atoms with Gasteiger partial charge < -0.3 is 10.1 Å². The van der Waals surface area contributed by atoms with Crippen molar-refractivity contribution in [1.82, 2.24) is 15.1 Å². The number of amides is 2. The molecular formula is C18H22N4O3. The summed E-state index contributed by atoms with van der Waals surface area (Å²) in [5.41, 5.74) is 3.33. The molecule has 3 rings (SSSR count). The fourth-order valence-electron chi connectivity index (χ4n) is 2.88. The van der Waals surface area contributed by atoms with E-state index < -0.39 is 0 Å². The van der Waals surface area contributed by atoms with E-state index in [0.717, 1.165) is 24.4 Å². The van der Waals surface area contributed by atoms with Crippen molar-refractivity contribution >= 4 is 17.7 Å². The first-order chi connectivity index (χ1) is 12.0. The quantitative estimate of drug-likeness (QED) is 0.817. The molecule has 0 unspecified atom stereocenters. The number of nitrogens with zero attached hydrogens (tertiary/aromatic N) is 3. The van der Waals surface area contributed by atoms with Crippen molar-refractivity contribution in [2.75, 3.05) is 24.6 Å². The van der Waals surface area contributed by atoms with Crippen LogP contribution in [0.1, 0.15) is 28.2 Å². The number of hydrogen-bond donors (Lipinski definition) is 1. The van der Waals surface area contributed by atoms with Crippen molar-refractivity contribution in [3.63, 3.8) is 0 Å². The van der Waals surface area contributed by atoms with E-state index in [1.165, 1.54) is 4.90 Å². The zero-order chi connectivity index (χ0) is 17.8. The first-order valence-electron chi connectivity index (χ1n) is 8.38. The summed E-state index contributed by atoms with van der Waals surface area (Å²) in [6, 6.07) is 9.05. The molecule has 1 fully saturated rings. The monoisotopic (exact) mass is 342 g/mol. The first kappa shape index (κ1) is 17.0. The number of rotatable bonds is 6. The molecule has 0 radical (unpaired) electrons. The molecule has 0 aliphatic carbocycles. The van der Waals surface area contributed by atoms with Gasteiger partial charge in [-0.1, -0.05) is 6.07 Å². The Labute approximate surface area is 146 Å². The van der Waals surface area contributed by atoms with Crippen LogP contribution in [0.5, 0.6) is 0 Å². The summed E-state index contributed by atoms with van der Waals surface area (Å²) >= 11 is 0. The molecule has 0 bridgehead atoms. The Balaban J connectivity index is 1.53. The van der Waals surface area contributed by atoms with Crippen molar-refractivity contribution < 1.29 is 14.3 Å². The molecule has 1 aromatic carbocycles. The van der Waals surface area contributed by atoms with Crippen molar-refractivity contribution in [1.29, 1.82) is 0 Å². The molecule has 1 aromatic heterocycles. The van der Waals surface area contributed by atoms with E-state index in [-0.39, 0.29) is 12.0 Å². The molecule has 2 amide bonds. The maximum atomic E-state index is 12.3. The topological polar surface area (TPSA) is 76.5 Å². The highest BCUT2D eigenvalue weighted by Gasteiger charge is 2.24. The van der Waals surface area contributed by atoms with Gasteiger partial charge in [-0.15, -0.1) is 0 Å². The molecule has 7 heteroatoms. The lowest BCUT2D eigenvalue weighted by atomic mass is 10.1. The third-order valence-corrected chi connectivity index (χ3v) is 4.12. The molecule has 0 atom stereocenters. The Kier molecular flexibility index (Phi) is 5.02. The second-order valence-electron chi connectivity index (χ2n) is 6.08. The molecule has 0 spiro atoms. The average molecular weight is 342 g/mol. The molecule has 7 nitrogen and oxygen atoms in total. The molecule has 1 aliphatic heterocycles. The normalized spacial score (nSPS) is 13.8. The van der Waals surface area contributed by atoms with E-state index in [0.29, 0.717) is 30.9 Å². The molecule has 1 aliphatic rings. The van der Waals surface area contributed by atoms with Crippen LogP contribution in [0.15, 0.2) is 30.3 Å². The summed E-state index contributed by atoms with van der Waals surface area (Å²) in [4.78, 5) is 25.5. The van der Waals surface area contributed by atoms with Crippen LogP contribution in [0.2, 0.25) is 0 Å². The first-order valence-corrected chi connectivity index (χ1v) is 8.38. The fourth-order valence-corrected chi connectivity index (χ4v) is 2.88. The van der Waals surface area contributed by atoms with Gasteiger partial charge in [0.15, 0.2) is 0 Å². The van der Waals surface area contributed by atoms with Crippen molar-refractivity contribution in [2.24, 2.45) is 0 Å². The molecule has 2 aromatic rings. The van der Waals surface area contributed by atoms with Gasteiger partial charge in [-0.3, -0.25) is 14.4 Å². The summed E-state index contributed by atoms with van der Waals surface area (Å²) in [5.74, 6) is -0.150. The van der Waals surface area contributed by atoms with Crippen LogP contribution in [0.3, 0.4) is 0 Å². The van der Waals surface area contributed by atoms with Gasteiger partial charge in [0.25, 0.3) is 5.91 Å². The average Bonchev–Trinajstić information content (AvgIpc) is 3.16. The molecular weight excluding hydrogens is 320 g/mol. The maximum Gasteiger partial charge on any atom is 0.414 e. The Morgan fingerprint density at radius 3 is 2.84 bits per heavy atom. The van der Waals surface area contributed by atoms with E-state index in [9.17, 15) is 9.59 Å². The summed E-state index contributed by atoms with van der Waals surface area (Å²) in [7, 11) is 0. The lowest BCUT2D eigenvalue weighted by Crippen LogP contribution is -2.27. The second-order valence-corrected chi connectivity index (χ2v) is 6.08. The molecule has 1 saturated heterocycles. The van der Waals surface area contributed by atoms with Gasteiger partial charge in [-0.05, 0) is 44.5 Å². The van der Waals surface area contributed by atoms with Gasteiger partial charge in [0.2, 0.25) is 0 Å². The van der Waals surface area contributed by atoms with Gasteiger partial charge in [0, 0.05) is 30.0 Å². The highest BCUT2D eigenvalue weighted by atomic mass is 16.6. The molecule has 0 saturated carbocycles. The number of nitrogens with one attached hydrogen (secondary N) is 1. The van der Waals surface area contributed by atoms with E-state index in [2.05, 4.69) is 10.4 Å². The van der Waals surface area contributed by atoms with Gasteiger partial charge in [-0.25, -0.2) is 4.79 Å². The van der Waals surface area contributed by atoms with E-state index >= 15 is 0 Å². The van der Waals surface area contributed by atoms with Crippen molar-refractivity contribution in [3.8, 4) is 0 Å². The predicted octanol–water partition coefficient (Wildman–Crippen LogP) is 2.28. The lowest BCUT2D eigenvalue weighted by molar-refractivity contribution is 0.0952. The SMILES string of the molecule is Cc1cc(C)n(CCCNC(=O)c2cccc(N3CCOC3=O)c2)n1. The number of carbonyl (C=O) groups excluding carboxylic acids is 2. The van der Waals surface area contributed by atoms with Crippen LogP contribution in [0.25, 0.3) is 0 Å². The van der Waals surface area contributed by atoms with Crippen LogP contribution >= 0.6 is 0 Å². The number of aromatic nitrogens is 2. The number of carbonyl (C=O) groups is 2. The number of benzene rings is 1. The molecule has 1 N–H and O–H groups in total. The highest BCUT2D eigenvalue weighted by molar-refractivity contribution is 5.97. The van der Waals surface area contributed by atoms with Crippen LogP contribution in [0, 0.1) is 13.8 Å². The predicted molar refractivity (Wildman–Crippen MR) is 93.8 cm³/mol. The van der Waals surface area contributed by atoms with Gasteiger partial charge in [0.05, 0.1) is 12.2 Å². The summed E-state index contributed by atoms with van der Waals surface area (Å²) in [6.07, 6.45) is 0.425. The van der Waals surface area contributed by atoms with E-state index in [1.54, 1.807) is 24.3 Å². The standard InChI is InChI=1S/C18H22N4O3/c1-13-11-14(2)22(20-13)8-4-7-19-17(23)15-5-3-6-16(12-15)21-9-10-25-18(21)24/h3,5-6,11-12H,4,7-10H2,1-2H3,(H,19,23). The third-order valence-electron chi connectivity index (χ3n) is 4.12. The fraction of sp³-hybridized carbons (Fsp3) is 0.389. The lowest BCUT2D eigenvalue weighted by Gasteiger charge is -2.13. The Hall–Kier alpha value is -2.83. The van der Waals surface area contributed by atoms with Crippen LogP contribution in [-0.2, 0) is 11.3 Å². The summed E-state index contributed by atoms with van der Waals surface area (Å²) in [6.45, 7) is 6.20. The van der Waals surface area contributed by atoms with Crippen molar-refractivity contribution in [3.05, 3.63) is 47.3 Å². The minimum atomic E-state index is -0.373. The van der Waals surface area contributed by atoms with Gasteiger partial charge in [0.1, 0.15) is 6.61 Å². The molecule has 132 valence electrons. The minimum Gasteiger partial charge on any atom is -0.447 e. The number of hydrogen-bond acceptors (Lipinski definition) is 4. The number of anilines is 1. The zero-order valence-corrected chi connectivity index (χ0v) is 14.5. The highest BCUT2D eigenvalue weighted by Crippen LogP contribution is 2.19. The second kappa shape index (κ2) is 7.38. The van der Waals surface area contributed by atoms with E-state index in [4.69, 9.17) is 4.74 Å². The third kappa shape index (κ3) is 3.99. The van der Waals surface area contributed by atoms with Crippen molar-refractivity contribution in [2.45, 2.75) is 26.8 Å². The molecule has 25 heavy (non-hydrogen) atoms. The Bertz CT molecular complexity index is 784.